The Morgan fingerprint density at radius 1 is 1.62 bits per heavy atom. The Hall–Kier alpha value is -0.840. The van der Waals surface area contributed by atoms with Crippen LogP contribution in [0, 0.1) is 0 Å². The van der Waals surface area contributed by atoms with Crippen molar-refractivity contribution in [2.45, 2.75) is 26.8 Å². The molecule has 0 unspecified atom stereocenters. The van der Waals surface area contributed by atoms with Gasteiger partial charge in [0.2, 0.25) is 5.95 Å². The number of nitrogens with two attached hydrogens (primary N) is 1. The number of anilines is 1. The van der Waals surface area contributed by atoms with E-state index in [0.717, 1.165) is 13.0 Å². The Kier molecular flexibility index (Phi) is 3.48. The Morgan fingerprint density at radius 2 is 2.31 bits per heavy atom. The molecular formula is C8H13BrN4. The molecular weight excluding hydrogens is 232 g/mol. The number of hydrogen-bond acceptors (Lipinski definition) is 3. The largest absolute Gasteiger partial charge is 0.366 e. The fourth-order valence-electron chi connectivity index (χ4n) is 0.957. The van der Waals surface area contributed by atoms with Crippen molar-refractivity contribution in [2.75, 3.05) is 5.73 Å². The first-order valence-electron chi connectivity index (χ1n) is 4.09. The summed E-state index contributed by atoms with van der Waals surface area (Å²) < 4.78 is 2.43. The van der Waals surface area contributed by atoms with E-state index in [1.807, 2.05) is 0 Å². The molecule has 0 spiro atoms. The summed E-state index contributed by atoms with van der Waals surface area (Å²) in [5.74, 6) is 0.309. The quantitative estimate of drug-likeness (QED) is 0.828. The van der Waals surface area contributed by atoms with Crippen LogP contribution in [0.5, 0.6) is 0 Å². The van der Waals surface area contributed by atoms with Crippen molar-refractivity contribution < 1.29 is 0 Å². The minimum absolute atomic E-state index is 0.309. The zero-order valence-corrected chi connectivity index (χ0v) is 9.37. The normalized spacial score (nSPS) is 10.1. The molecule has 0 amide bonds. The van der Waals surface area contributed by atoms with Crippen LogP contribution in [-0.2, 0) is 6.54 Å². The van der Waals surface area contributed by atoms with Crippen LogP contribution in [0.25, 0.3) is 0 Å². The van der Waals surface area contributed by atoms with Gasteiger partial charge in [-0.2, -0.15) is 4.98 Å². The summed E-state index contributed by atoms with van der Waals surface area (Å²) in [6.07, 6.45) is 3.11. The Labute approximate surface area is 86.0 Å². The smallest absolute Gasteiger partial charge is 0.240 e. The number of aromatic nitrogens is 3. The molecule has 1 aromatic rings. The van der Waals surface area contributed by atoms with Crippen molar-refractivity contribution in [1.82, 2.24) is 14.8 Å². The van der Waals surface area contributed by atoms with E-state index in [9.17, 15) is 0 Å². The molecule has 0 fully saturated rings. The molecule has 0 saturated carbocycles. The van der Waals surface area contributed by atoms with Gasteiger partial charge < -0.3 is 5.73 Å². The summed E-state index contributed by atoms with van der Waals surface area (Å²) in [5.41, 5.74) is 6.73. The topological polar surface area (TPSA) is 56.7 Å². The Morgan fingerprint density at radius 3 is 2.77 bits per heavy atom. The fraction of sp³-hybridized carbons (Fsp3) is 0.500. The second-order valence-corrected chi connectivity index (χ2v) is 3.74. The molecule has 1 heterocycles. The van der Waals surface area contributed by atoms with Crippen molar-refractivity contribution in [3.63, 3.8) is 0 Å². The molecule has 0 aliphatic heterocycles. The van der Waals surface area contributed by atoms with Gasteiger partial charge in [-0.05, 0) is 36.2 Å². The molecule has 0 saturated heterocycles. The molecule has 0 atom stereocenters. The summed E-state index contributed by atoms with van der Waals surface area (Å²) >= 11 is 3.27. The fourth-order valence-corrected chi connectivity index (χ4v) is 1.40. The number of allylic oxidation sites excluding steroid dienone is 2. The lowest BCUT2D eigenvalue weighted by Crippen LogP contribution is -2.00. The number of nitrogens with zero attached hydrogens (tertiary/aromatic N) is 3. The molecule has 5 heteroatoms. The van der Waals surface area contributed by atoms with Crippen LogP contribution >= 0.6 is 15.9 Å². The first-order chi connectivity index (χ1) is 6.09. The average Bonchev–Trinajstić information content (AvgIpc) is 2.29. The van der Waals surface area contributed by atoms with Crippen LogP contribution in [0.1, 0.15) is 20.3 Å². The molecule has 4 nitrogen and oxygen atoms in total. The van der Waals surface area contributed by atoms with E-state index in [4.69, 9.17) is 5.73 Å². The molecule has 0 radical (unpaired) electrons. The minimum atomic E-state index is 0.309. The number of nitrogen functional groups attached to an aromatic ring is 1. The Balaban J connectivity index is 2.54. The van der Waals surface area contributed by atoms with Crippen molar-refractivity contribution in [3.8, 4) is 0 Å². The van der Waals surface area contributed by atoms with Gasteiger partial charge in [0.15, 0.2) is 4.73 Å². The maximum atomic E-state index is 5.42. The third-order valence-electron chi connectivity index (χ3n) is 1.54. The van der Waals surface area contributed by atoms with Gasteiger partial charge in [-0.1, -0.05) is 11.6 Å². The highest BCUT2D eigenvalue weighted by Gasteiger charge is 2.02. The van der Waals surface area contributed by atoms with Gasteiger partial charge >= 0.3 is 0 Å². The van der Waals surface area contributed by atoms with Crippen molar-refractivity contribution >= 4 is 21.9 Å². The van der Waals surface area contributed by atoms with E-state index in [0.29, 0.717) is 10.7 Å². The van der Waals surface area contributed by atoms with Crippen LogP contribution in [0.4, 0.5) is 5.95 Å². The van der Waals surface area contributed by atoms with Crippen molar-refractivity contribution in [2.24, 2.45) is 0 Å². The summed E-state index contributed by atoms with van der Waals surface area (Å²) in [6, 6.07) is 0. The first kappa shape index (κ1) is 10.2. The van der Waals surface area contributed by atoms with E-state index >= 15 is 0 Å². The molecule has 2 N–H and O–H groups in total. The predicted octanol–water partition coefficient (Wildman–Crippen LogP) is 1.98. The molecule has 0 aromatic carbocycles. The highest BCUT2D eigenvalue weighted by Crippen LogP contribution is 2.08. The lowest BCUT2D eigenvalue weighted by atomic mass is 10.3. The number of rotatable bonds is 3. The monoisotopic (exact) mass is 244 g/mol. The summed E-state index contributed by atoms with van der Waals surface area (Å²) in [7, 11) is 0. The van der Waals surface area contributed by atoms with Crippen LogP contribution < -0.4 is 5.73 Å². The lowest BCUT2D eigenvalue weighted by molar-refractivity contribution is 0.608. The highest BCUT2D eigenvalue weighted by molar-refractivity contribution is 9.10. The van der Waals surface area contributed by atoms with Gasteiger partial charge in [0.1, 0.15) is 0 Å². The van der Waals surface area contributed by atoms with E-state index < -0.39 is 0 Å². The summed E-state index contributed by atoms with van der Waals surface area (Å²) in [6.45, 7) is 4.95. The van der Waals surface area contributed by atoms with E-state index in [1.165, 1.54) is 5.57 Å². The maximum Gasteiger partial charge on any atom is 0.240 e. The van der Waals surface area contributed by atoms with Crippen molar-refractivity contribution in [3.05, 3.63) is 16.4 Å². The third-order valence-corrected chi connectivity index (χ3v) is 2.12. The number of hydrogen-bond donors (Lipinski definition) is 1. The molecule has 1 aromatic heterocycles. The first-order valence-corrected chi connectivity index (χ1v) is 4.88. The van der Waals surface area contributed by atoms with E-state index in [1.54, 1.807) is 4.68 Å². The molecule has 0 bridgehead atoms. The Bertz CT molecular complexity index is 312. The summed E-state index contributed by atoms with van der Waals surface area (Å²) in [5, 5.41) is 4.01. The molecule has 0 aliphatic rings. The highest BCUT2D eigenvalue weighted by atomic mass is 79.9. The predicted molar refractivity (Wildman–Crippen MR) is 56.2 cm³/mol. The van der Waals surface area contributed by atoms with E-state index in [2.05, 4.69) is 45.9 Å². The lowest BCUT2D eigenvalue weighted by Gasteiger charge is -1.98. The number of halogens is 1. The standard InChI is InChI=1S/C8H13BrN4/c1-6(2)4-3-5-13-7(9)11-8(10)12-13/h4H,3,5H2,1-2H3,(H2,10,12). The SMILES string of the molecule is CC(C)=CCCn1nc(N)nc1Br. The van der Waals surface area contributed by atoms with Gasteiger partial charge in [0.25, 0.3) is 0 Å². The molecule has 1 rings (SSSR count). The van der Waals surface area contributed by atoms with Gasteiger partial charge in [-0.15, -0.1) is 5.10 Å². The minimum Gasteiger partial charge on any atom is -0.366 e. The van der Waals surface area contributed by atoms with Crippen LogP contribution in [0.2, 0.25) is 0 Å². The zero-order valence-electron chi connectivity index (χ0n) is 7.79. The average molecular weight is 245 g/mol. The maximum absolute atomic E-state index is 5.42. The van der Waals surface area contributed by atoms with Gasteiger partial charge in [0.05, 0.1) is 0 Å². The zero-order chi connectivity index (χ0) is 9.84. The van der Waals surface area contributed by atoms with Crippen LogP contribution in [-0.4, -0.2) is 14.8 Å². The van der Waals surface area contributed by atoms with Crippen molar-refractivity contribution in [1.29, 1.82) is 0 Å². The summed E-state index contributed by atoms with van der Waals surface area (Å²) in [4.78, 5) is 3.93. The second-order valence-electron chi connectivity index (χ2n) is 3.03. The van der Waals surface area contributed by atoms with Crippen LogP contribution in [0.3, 0.4) is 0 Å². The molecule has 72 valence electrons. The van der Waals surface area contributed by atoms with Gasteiger partial charge in [-0.25, -0.2) is 4.68 Å². The van der Waals surface area contributed by atoms with E-state index in [-0.39, 0.29) is 0 Å². The molecule has 13 heavy (non-hydrogen) atoms. The molecule has 0 aliphatic carbocycles. The van der Waals surface area contributed by atoms with Gasteiger partial charge in [-0.3, -0.25) is 0 Å². The second kappa shape index (κ2) is 4.41. The van der Waals surface area contributed by atoms with Gasteiger partial charge in [0, 0.05) is 6.54 Å². The third kappa shape index (κ3) is 3.18. The number of aryl methyl sites for hydroxylation is 1. The van der Waals surface area contributed by atoms with Crippen LogP contribution in [0.15, 0.2) is 16.4 Å².